The van der Waals surface area contributed by atoms with Crippen molar-refractivity contribution in [1.82, 2.24) is 0 Å². The second-order valence-electron chi connectivity index (χ2n) is 2.47. The summed E-state index contributed by atoms with van der Waals surface area (Å²) in [7, 11) is 0. The van der Waals surface area contributed by atoms with Gasteiger partial charge in [-0.1, -0.05) is 28.9 Å². The Balaban J connectivity index is 0.000000325. The fraction of sp³-hybridized carbons (Fsp3) is 0.200. The molecule has 1 aromatic rings. The van der Waals surface area contributed by atoms with Crippen molar-refractivity contribution in [2.75, 3.05) is 6.61 Å². The number of rotatable bonds is 2. The van der Waals surface area contributed by atoms with Crippen LogP contribution in [0.25, 0.3) is 0 Å². The van der Waals surface area contributed by atoms with E-state index >= 15 is 0 Å². The van der Waals surface area contributed by atoms with Crippen molar-refractivity contribution in [3.63, 3.8) is 0 Å². The first-order chi connectivity index (χ1) is 7.60. The molecule has 6 heteroatoms. The van der Waals surface area contributed by atoms with Crippen LogP contribution < -0.4 is 0 Å². The lowest BCUT2D eigenvalue weighted by Gasteiger charge is -1.90. The zero-order valence-corrected chi connectivity index (χ0v) is 10.1. The Morgan fingerprint density at radius 3 is 2.69 bits per heavy atom. The van der Waals surface area contributed by atoms with E-state index in [-0.39, 0.29) is 0 Å². The first-order valence-electron chi connectivity index (χ1n) is 4.35. The third kappa shape index (κ3) is 8.08. The van der Waals surface area contributed by atoms with E-state index < -0.39 is 5.43 Å². The molecule has 0 aliphatic carbocycles. The molecular formula is C10H11Cl2NO3. The van der Waals surface area contributed by atoms with Crippen LogP contribution in [0.4, 0.5) is 4.79 Å². The van der Waals surface area contributed by atoms with Gasteiger partial charge in [-0.25, -0.2) is 4.79 Å². The maximum atomic E-state index is 9.59. The minimum Gasteiger partial charge on any atom is -0.454 e. The third-order valence-electron chi connectivity index (χ3n) is 1.31. The van der Waals surface area contributed by atoms with Crippen LogP contribution in [0.15, 0.2) is 29.4 Å². The lowest BCUT2D eigenvalue weighted by molar-refractivity contribution is 0.180. The number of nitrogens with zero attached hydrogens (tertiary/aromatic N) is 1. The number of carbonyl (C=O) groups excluding carboxylic acids is 1. The van der Waals surface area contributed by atoms with Crippen LogP contribution in [0.5, 0.6) is 0 Å². The molecular weight excluding hydrogens is 253 g/mol. The fourth-order valence-electron chi connectivity index (χ4n) is 0.767. The minimum atomic E-state index is -0.738. The standard InChI is InChI=1S/C7H6ClNO.C3H5ClO2/c8-7-3-1-2-6(4-7)5-9-10;1-2-6-3(4)5/h1-5,10H;2H2,1H3. The van der Waals surface area contributed by atoms with Crippen molar-refractivity contribution in [1.29, 1.82) is 0 Å². The molecule has 1 rings (SSSR count). The summed E-state index contributed by atoms with van der Waals surface area (Å²) in [6, 6.07) is 7.06. The molecule has 0 bridgehead atoms. The molecule has 16 heavy (non-hydrogen) atoms. The summed E-state index contributed by atoms with van der Waals surface area (Å²) < 4.78 is 4.17. The maximum Gasteiger partial charge on any atom is 0.403 e. The molecule has 0 amide bonds. The number of hydrogen-bond acceptors (Lipinski definition) is 4. The maximum absolute atomic E-state index is 9.59. The first-order valence-corrected chi connectivity index (χ1v) is 5.11. The SMILES string of the molecule is CCOC(=O)Cl.ON=Cc1cccc(Cl)c1. The molecule has 0 aromatic heterocycles. The Labute approximate surface area is 103 Å². The molecule has 0 saturated heterocycles. The summed E-state index contributed by atoms with van der Waals surface area (Å²) in [5.74, 6) is 0. The molecule has 0 aliphatic heterocycles. The van der Waals surface area contributed by atoms with E-state index in [0.717, 1.165) is 5.56 Å². The summed E-state index contributed by atoms with van der Waals surface area (Å²) in [4.78, 5) is 9.59. The molecule has 0 atom stereocenters. The van der Waals surface area contributed by atoms with Gasteiger partial charge in [-0.15, -0.1) is 0 Å². The number of oxime groups is 1. The second-order valence-corrected chi connectivity index (χ2v) is 3.22. The van der Waals surface area contributed by atoms with Crippen LogP contribution in [-0.4, -0.2) is 23.5 Å². The summed E-state index contributed by atoms with van der Waals surface area (Å²) in [6.45, 7) is 2.04. The molecule has 1 N–H and O–H groups in total. The van der Waals surface area contributed by atoms with Gasteiger partial charge in [0.15, 0.2) is 0 Å². The van der Waals surface area contributed by atoms with Gasteiger partial charge in [0.2, 0.25) is 0 Å². The smallest absolute Gasteiger partial charge is 0.403 e. The molecule has 0 heterocycles. The lowest BCUT2D eigenvalue weighted by atomic mass is 10.2. The number of benzene rings is 1. The Hall–Kier alpha value is -1.26. The number of carbonyl (C=O) groups is 1. The van der Waals surface area contributed by atoms with Gasteiger partial charge < -0.3 is 9.94 Å². The topological polar surface area (TPSA) is 58.9 Å². The predicted octanol–water partition coefficient (Wildman–Crippen LogP) is 3.53. The fourth-order valence-corrected chi connectivity index (χ4v) is 1.07. The summed E-state index contributed by atoms with van der Waals surface area (Å²) in [5.41, 5.74) is 0.0486. The predicted molar refractivity (Wildman–Crippen MR) is 63.7 cm³/mol. The van der Waals surface area contributed by atoms with Gasteiger partial charge in [0.25, 0.3) is 0 Å². The molecule has 0 saturated carbocycles. The van der Waals surface area contributed by atoms with Crippen LogP contribution in [0.3, 0.4) is 0 Å². The summed E-state index contributed by atoms with van der Waals surface area (Å²) in [6.07, 6.45) is 1.33. The van der Waals surface area contributed by atoms with E-state index in [1.165, 1.54) is 6.21 Å². The number of ether oxygens (including phenoxy) is 1. The van der Waals surface area contributed by atoms with Gasteiger partial charge in [-0.2, -0.15) is 0 Å². The van der Waals surface area contributed by atoms with Crippen LogP contribution in [0.1, 0.15) is 12.5 Å². The van der Waals surface area contributed by atoms with Gasteiger partial charge >= 0.3 is 5.43 Å². The average Bonchev–Trinajstić information content (AvgIpc) is 2.18. The van der Waals surface area contributed by atoms with Crippen LogP contribution >= 0.6 is 23.2 Å². The Morgan fingerprint density at radius 1 is 1.62 bits per heavy atom. The number of hydrogen-bond donors (Lipinski definition) is 1. The molecule has 0 aliphatic rings. The van der Waals surface area contributed by atoms with Gasteiger partial charge in [0, 0.05) is 16.6 Å². The molecule has 0 spiro atoms. The van der Waals surface area contributed by atoms with E-state index in [4.69, 9.17) is 28.4 Å². The second kappa shape index (κ2) is 9.00. The molecule has 4 nitrogen and oxygen atoms in total. The highest BCUT2D eigenvalue weighted by atomic mass is 35.5. The molecule has 0 radical (unpaired) electrons. The third-order valence-corrected chi connectivity index (χ3v) is 1.66. The highest BCUT2D eigenvalue weighted by molar-refractivity contribution is 6.61. The Kier molecular flexibility index (Phi) is 8.29. The van der Waals surface area contributed by atoms with Gasteiger partial charge in [-0.05, 0) is 24.6 Å². The summed E-state index contributed by atoms with van der Waals surface area (Å²) in [5, 5.41) is 11.6. The van der Waals surface area contributed by atoms with E-state index in [2.05, 4.69) is 9.89 Å². The summed E-state index contributed by atoms with van der Waals surface area (Å²) >= 11 is 10.4. The average molecular weight is 264 g/mol. The highest BCUT2D eigenvalue weighted by Gasteiger charge is 1.87. The molecule has 0 fully saturated rings. The van der Waals surface area contributed by atoms with Crippen LogP contribution in [-0.2, 0) is 4.74 Å². The van der Waals surface area contributed by atoms with Crippen molar-refractivity contribution >= 4 is 34.8 Å². The minimum absolute atomic E-state index is 0.350. The first kappa shape index (κ1) is 14.7. The lowest BCUT2D eigenvalue weighted by Crippen LogP contribution is -1.89. The molecule has 1 aromatic carbocycles. The monoisotopic (exact) mass is 263 g/mol. The van der Waals surface area contributed by atoms with Crippen LogP contribution in [0, 0.1) is 0 Å². The van der Waals surface area contributed by atoms with Crippen molar-refractivity contribution in [3.8, 4) is 0 Å². The van der Waals surface area contributed by atoms with Crippen molar-refractivity contribution in [2.45, 2.75) is 6.92 Å². The van der Waals surface area contributed by atoms with E-state index in [1.807, 2.05) is 0 Å². The Morgan fingerprint density at radius 2 is 2.31 bits per heavy atom. The molecule has 0 unspecified atom stereocenters. The number of halogens is 2. The van der Waals surface area contributed by atoms with Gasteiger partial charge in [0.1, 0.15) is 0 Å². The van der Waals surface area contributed by atoms with E-state index in [1.54, 1.807) is 31.2 Å². The van der Waals surface area contributed by atoms with Crippen LogP contribution in [0.2, 0.25) is 5.02 Å². The van der Waals surface area contributed by atoms with Crippen molar-refractivity contribution < 1.29 is 14.7 Å². The normalized spacial score (nSPS) is 9.44. The largest absolute Gasteiger partial charge is 0.454 e. The molecule has 88 valence electrons. The highest BCUT2D eigenvalue weighted by Crippen LogP contribution is 2.08. The zero-order chi connectivity index (χ0) is 12.4. The van der Waals surface area contributed by atoms with E-state index in [9.17, 15) is 4.79 Å². The zero-order valence-electron chi connectivity index (χ0n) is 8.56. The van der Waals surface area contributed by atoms with Crippen molar-refractivity contribution in [3.05, 3.63) is 34.9 Å². The van der Waals surface area contributed by atoms with Gasteiger partial charge in [-0.3, -0.25) is 0 Å². The van der Waals surface area contributed by atoms with Crippen molar-refractivity contribution in [2.24, 2.45) is 5.16 Å². The Bertz CT molecular complexity index is 356. The van der Waals surface area contributed by atoms with Gasteiger partial charge in [0.05, 0.1) is 12.8 Å². The quantitative estimate of drug-likeness (QED) is 0.384. The van der Waals surface area contributed by atoms with E-state index in [0.29, 0.717) is 11.6 Å².